The quantitative estimate of drug-likeness (QED) is 0.171. The molecule has 4 aromatic carbocycles. The van der Waals surface area contributed by atoms with Crippen LogP contribution >= 0.6 is 0 Å². The second-order valence-corrected chi connectivity index (χ2v) is 9.70. The van der Waals surface area contributed by atoms with E-state index in [9.17, 15) is 0 Å². The topological polar surface area (TPSA) is 6.48 Å². The summed E-state index contributed by atoms with van der Waals surface area (Å²) in [5.41, 5.74) is 8.82. The smallest absolute Gasteiger partial charge is 0.0462 e. The Morgan fingerprint density at radius 1 is 0.595 bits per heavy atom. The van der Waals surface area contributed by atoms with Crippen LogP contribution in [0.25, 0.3) is 11.1 Å². The van der Waals surface area contributed by atoms with Crippen LogP contribution in [-0.2, 0) is 0 Å². The molecule has 0 heterocycles. The molecule has 0 aromatic heterocycles. The summed E-state index contributed by atoms with van der Waals surface area (Å²) in [4.78, 5) is 4.47. The molecule has 2 nitrogen and oxygen atoms in total. The molecular formula is C40H44N2. The Morgan fingerprint density at radius 2 is 1.00 bits per heavy atom. The first kappa shape index (κ1) is 31.7. The molecule has 0 radical (unpaired) electrons. The third kappa shape index (κ3) is 8.34. The van der Waals surface area contributed by atoms with Crippen molar-refractivity contribution in [1.29, 1.82) is 0 Å². The zero-order chi connectivity index (χ0) is 30.2. The van der Waals surface area contributed by atoms with Gasteiger partial charge in [-0.05, 0) is 91.2 Å². The van der Waals surface area contributed by atoms with Crippen molar-refractivity contribution in [3.63, 3.8) is 0 Å². The lowest BCUT2D eigenvalue weighted by Crippen LogP contribution is -2.15. The van der Waals surface area contributed by atoms with Crippen LogP contribution in [0.5, 0.6) is 0 Å². The Morgan fingerprint density at radius 3 is 1.36 bits per heavy atom. The summed E-state index contributed by atoms with van der Waals surface area (Å²) in [7, 11) is 0. The van der Waals surface area contributed by atoms with Gasteiger partial charge in [-0.1, -0.05) is 119 Å². The molecule has 0 aliphatic carbocycles. The molecule has 0 unspecified atom stereocenters. The lowest BCUT2D eigenvalue weighted by Gasteiger charge is -2.27. The van der Waals surface area contributed by atoms with Gasteiger partial charge in [0, 0.05) is 34.1 Å². The van der Waals surface area contributed by atoms with Crippen LogP contribution in [0, 0.1) is 0 Å². The normalized spacial score (nSPS) is 11.4. The van der Waals surface area contributed by atoms with E-state index < -0.39 is 0 Å². The van der Waals surface area contributed by atoms with E-state index in [-0.39, 0.29) is 0 Å². The van der Waals surface area contributed by atoms with E-state index >= 15 is 0 Å². The van der Waals surface area contributed by atoms with Crippen LogP contribution in [0.4, 0.5) is 22.7 Å². The average molecular weight is 553 g/mol. The van der Waals surface area contributed by atoms with Crippen LogP contribution in [0.2, 0.25) is 0 Å². The number of nitrogens with zero attached hydrogens (tertiary/aromatic N) is 2. The minimum atomic E-state index is 0.964. The third-order valence-electron chi connectivity index (χ3n) is 6.45. The molecule has 0 saturated heterocycles. The van der Waals surface area contributed by atoms with Crippen LogP contribution in [0.1, 0.15) is 40.5 Å². The van der Waals surface area contributed by atoms with E-state index in [1.165, 1.54) is 12.0 Å². The molecule has 214 valence electrons. The standard InChI is InChI=1S/C37H36N2.C3H8/c1-5-9-17-33(8-4)39(35-20-14-11-15-21-35)37-28-24-31(25-29-37)30-22-26-36(27-23-30)38(32(7-3)16-6-2)34-18-12-10-13-19-34;1-3-2/h6-29H,2-3,5H2,1,4H3;3H2,1-2H3/b17-9-,32-16+,33-8+;. The van der Waals surface area contributed by atoms with Crippen molar-refractivity contribution < 1.29 is 0 Å². The van der Waals surface area contributed by atoms with Crippen molar-refractivity contribution >= 4 is 22.7 Å². The zero-order valence-corrected chi connectivity index (χ0v) is 25.6. The van der Waals surface area contributed by atoms with Gasteiger partial charge in [0.2, 0.25) is 0 Å². The molecule has 0 fully saturated rings. The molecule has 0 amide bonds. The fourth-order valence-electron chi connectivity index (χ4n) is 4.55. The minimum Gasteiger partial charge on any atom is -0.311 e. The average Bonchev–Trinajstić information content (AvgIpc) is 3.04. The van der Waals surface area contributed by atoms with E-state index in [1.54, 1.807) is 6.08 Å². The predicted octanol–water partition coefficient (Wildman–Crippen LogP) is 12.2. The Labute approximate surface area is 254 Å². The van der Waals surface area contributed by atoms with Gasteiger partial charge in [-0.15, -0.1) is 0 Å². The highest BCUT2D eigenvalue weighted by Gasteiger charge is 2.14. The summed E-state index contributed by atoms with van der Waals surface area (Å²) in [6.45, 7) is 16.4. The van der Waals surface area contributed by atoms with Crippen molar-refractivity contribution in [2.24, 2.45) is 0 Å². The maximum Gasteiger partial charge on any atom is 0.0462 e. The van der Waals surface area contributed by atoms with Crippen molar-refractivity contribution in [3.8, 4) is 11.1 Å². The van der Waals surface area contributed by atoms with Gasteiger partial charge in [0.05, 0.1) is 0 Å². The highest BCUT2D eigenvalue weighted by atomic mass is 15.1. The molecule has 42 heavy (non-hydrogen) atoms. The van der Waals surface area contributed by atoms with Gasteiger partial charge in [0.25, 0.3) is 0 Å². The summed E-state index contributed by atoms with van der Waals surface area (Å²) in [5.74, 6) is 0. The van der Waals surface area contributed by atoms with Gasteiger partial charge >= 0.3 is 0 Å². The Kier molecular flexibility index (Phi) is 12.9. The van der Waals surface area contributed by atoms with E-state index in [2.05, 4.69) is 160 Å². The molecular weight excluding hydrogens is 508 g/mol. The monoisotopic (exact) mass is 552 g/mol. The number of hydrogen-bond acceptors (Lipinski definition) is 2. The number of rotatable bonds is 11. The first-order valence-corrected chi connectivity index (χ1v) is 14.8. The summed E-state index contributed by atoms with van der Waals surface area (Å²) in [6.07, 6.45) is 14.4. The fourth-order valence-corrected chi connectivity index (χ4v) is 4.55. The molecule has 0 spiro atoms. The molecule has 0 atom stereocenters. The highest BCUT2D eigenvalue weighted by molar-refractivity contribution is 5.76. The second-order valence-electron chi connectivity index (χ2n) is 9.70. The van der Waals surface area contributed by atoms with Crippen LogP contribution < -0.4 is 9.80 Å². The van der Waals surface area contributed by atoms with Gasteiger partial charge < -0.3 is 9.80 Å². The largest absolute Gasteiger partial charge is 0.311 e. The highest BCUT2D eigenvalue weighted by Crippen LogP contribution is 2.34. The summed E-state index contributed by atoms with van der Waals surface area (Å²) < 4.78 is 0. The summed E-state index contributed by atoms with van der Waals surface area (Å²) in [5, 5.41) is 0. The molecule has 0 saturated carbocycles. The van der Waals surface area contributed by atoms with Crippen LogP contribution in [-0.4, -0.2) is 0 Å². The Hall–Kier alpha value is -4.82. The summed E-state index contributed by atoms with van der Waals surface area (Å²) >= 11 is 0. The molecule has 0 N–H and O–H groups in total. The lowest BCUT2D eigenvalue weighted by atomic mass is 10.0. The lowest BCUT2D eigenvalue weighted by molar-refractivity contribution is 1.09. The molecule has 4 rings (SSSR count). The third-order valence-corrected chi connectivity index (χ3v) is 6.45. The van der Waals surface area contributed by atoms with Crippen molar-refractivity contribution in [1.82, 2.24) is 0 Å². The number of hydrogen-bond donors (Lipinski definition) is 0. The van der Waals surface area contributed by atoms with Crippen molar-refractivity contribution in [2.45, 2.75) is 40.5 Å². The van der Waals surface area contributed by atoms with Gasteiger partial charge in [-0.3, -0.25) is 0 Å². The SMILES string of the molecule is C=C/C=C(\C=C)N(c1ccccc1)c1ccc(-c2ccc(N(C(/C=C\CC)=C/C)c3ccccc3)cc2)cc1.CCC. The van der Waals surface area contributed by atoms with Crippen molar-refractivity contribution in [3.05, 3.63) is 170 Å². The molecule has 0 aliphatic rings. The number of anilines is 4. The van der Waals surface area contributed by atoms with Crippen LogP contribution in [0.15, 0.2) is 170 Å². The van der Waals surface area contributed by atoms with Gasteiger partial charge in [-0.25, -0.2) is 0 Å². The number of benzene rings is 4. The maximum atomic E-state index is 4.03. The number of para-hydroxylation sites is 2. The first-order chi connectivity index (χ1) is 20.6. The molecule has 0 aliphatic heterocycles. The first-order valence-electron chi connectivity index (χ1n) is 14.8. The predicted molar refractivity (Wildman–Crippen MR) is 187 cm³/mol. The Bertz CT molecular complexity index is 1460. The number of allylic oxidation sites excluding steroid dienone is 6. The van der Waals surface area contributed by atoms with Crippen molar-refractivity contribution in [2.75, 3.05) is 9.80 Å². The van der Waals surface area contributed by atoms with Crippen LogP contribution in [0.3, 0.4) is 0 Å². The maximum absolute atomic E-state index is 4.03. The zero-order valence-electron chi connectivity index (χ0n) is 25.6. The fraction of sp³-hybridized carbons (Fsp3) is 0.150. The van der Waals surface area contributed by atoms with E-state index in [4.69, 9.17) is 0 Å². The minimum absolute atomic E-state index is 0.964. The van der Waals surface area contributed by atoms with E-state index in [1.807, 2.05) is 30.4 Å². The van der Waals surface area contributed by atoms with Gasteiger partial charge in [0.1, 0.15) is 0 Å². The van der Waals surface area contributed by atoms with Gasteiger partial charge in [-0.2, -0.15) is 0 Å². The van der Waals surface area contributed by atoms with E-state index in [0.717, 1.165) is 46.1 Å². The second kappa shape index (κ2) is 17.1. The molecule has 2 heteroatoms. The molecule has 0 bridgehead atoms. The van der Waals surface area contributed by atoms with E-state index in [0.29, 0.717) is 0 Å². The summed E-state index contributed by atoms with van der Waals surface area (Å²) in [6, 6.07) is 38.2. The van der Waals surface area contributed by atoms with Gasteiger partial charge in [0.15, 0.2) is 0 Å². The molecule has 4 aromatic rings. The Balaban J connectivity index is 0.00000155.